The number of phenolic OH excluding ortho intramolecular Hbond substituents is 1. The summed E-state index contributed by atoms with van der Waals surface area (Å²) >= 11 is 0. The lowest BCUT2D eigenvalue weighted by atomic mass is 9.96. The van der Waals surface area contributed by atoms with Gasteiger partial charge in [-0.25, -0.2) is 4.79 Å². The Labute approximate surface area is 229 Å². The molecule has 3 rings (SSSR count). The number of fused-ring (bicyclic) bond motifs is 1. The monoisotopic (exact) mass is 535 g/mol. The lowest BCUT2D eigenvalue weighted by Gasteiger charge is -2.22. The van der Waals surface area contributed by atoms with Crippen molar-refractivity contribution in [3.8, 4) is 11.5 Å². The fourth-order valence-electron chi connectivity index (χ4n) is 4.23. The molecule has 3 atom stereocenters. The van der Waals surface area contributed by atoms with E-state index in [0.717, 1.165) is 12.0 Å². The minimum Gasteiger partial charge on any atom is -0.508 e. The summed E-state index contributed by atoms with van der Waals surface area (Å²) in [5.74, 6) is -0.574. The van der Waals surface area contributed by atoms with E-state index in [2.05, 4.69) is 5.32 Å². The average Bonchev–Trinajstić information content (AvgIpc) is 2.86. The van der Waals surface area contributed by atoms with Crippen molar-refractivity contribution in [3.05, 3.63) is 70.6 Å². The van der Waals surface area contributed by atoms with Gasteiger partial charge in [-0.05, 0) is 70.2 Å². The summed E-state index contributed by atoms with van der Waals surface area (Å²) in [5.41, 5.74) is 2.59. The zero-order valence-corrected chi connectivity index (χ0v) is 23.1. The summed E-state index contributed by atoms with van der Waals surface area (Å²) in [6.07, 6.45) is 9.25. The topological polar surface area (TPSA) is 122 Å². The van der Waals surface area contributed by atoms with Crippen molar-refractivity contribution >= 4 is 29.4 Å². The lowest BCUT2D eigenvalue weighted by Crippen LogP contribution is -2.29. The van der Waals surface area contributed by atoms with Gasteiger partial charge in [0.15, 0.2) is 11.5 Å². The Morgan fingerprint density at radius 1 is 1.10 bits per heavy atom. The second-order valence-electron chi connectivity index (χ2n) is 10.2. The highest BCUT2D eigenvalue weighted by molar-refractivity contribution is 5.97. The van der Waals surface area contributed by atoms with Gasteiger partial charge in [0.1, 0.15) is 23.7 Å². The predicted octanol–water partition coefficient (Wildman–Crippen LogP) is 5.53. The van der Waals surface area contributed by atoms with Crippen LogP contribution in [-0.2, 0) is 19.1 Å². The number of hydrogen-bond donors (Lipinski definition) is 3. The van der Waals surface area contributed by atoms with Crippen molar-refractivity contribution in [2.24, 2.45) is 5.92 Å². The van der Waals surface area contributed by atoms with E-state index in [-0.39, 0.29) is 41.6 Å². The summed E-state index contributed by atoms with van der Waals surface area (Å²) < 4.78 is 11.6. The minimum absolute atomic E-state index is 0.0340. The summed E-state index contributed by atoms with van der Waals surface area (Å²) in [6.45, 7) is 9.03. The Bertz CT molecular complexity index is 1280. The molecule has 8 nitrogen and oxygen atoms in total. The zero-order valence-electron chi connectivity index (χ0n) is 23.1. The first-order valence-electron chi connectivity index (χ1n) is 13.1. The molecule has 0 saturated carbocycles. The van der Waals surface area contributed by atoms with Crippen molar-refractivity contribution in [1.29, 1.82) is 0 Å². The number of cyclic esters (lactones) is 1. The number of benzene rings is 1. The zero-order chi connectivity index (χ0) is 28.7. The predicted molar refractivity (Wildman–Crippen MR) is 150 cm³/mol. The second-order valence-corrected chi connectivity index (χ2v) is 10.2. The van der Waals surface area contributed by atoms with Gasteiger partial charge in [0.2, 0.25) is 5.91 Å². The first-order chi connectivity index (χ1) is 18.5. The maximum absolute atomic E-state index is 12.8. The Balaban J connectivity index is 2.00. The molecule has 0 spiro atoms. The third-order valence-corrected chi connectivity index (χ3v) is 6.50. The summed E-state index contributed by atoms with van der Waals surface area (Å²) in [4.78, 5) is 38.4. The molecule has 0 saturated heterocycles. The number of ether oxygens (including phenoxy) is 2. The first-order valence-corrected chi connectivity index (χ1v) is 13.1. The van der Waals surface area contributed by atoms with E-state index in [1.165, 1.54) is 31.2 Å². The molecular weight excluding hydrogens is 498 g/mol. The van der Waals surface area contributed by atoms with Crippen LogP contribution in [0.5, 0.6) is 11.5 Å². The molecule has 2 aliphatic heterocycles. The lowest BCUT2D eigenvalue weighted by molar-refractivity contribution is -0.145. The molecule has 1 aromatic rings. The number of hydrogen-bond acceptors (Lipinski definition) is 7. The molecule has 3 unspecified atom stereocenters. The van der Waals surface area contributed by atoms with E-state index in [9.17, 15) is 24.6 Å². The van der Waals surface area contributed by atoms with Crippen molar-refractivity contribution in [1.82, 2.24) is 0 Å². The molecule has 0 radical (unpaired) electrons. The number of aromatic hydroxyl groups is 1. The summed E-state index contributed by atoms with van der Waals surface area (Å²) in [7, 11) is 0. The average molecular weight is 536 g/mol. The summed E-state index contributed by atoms with van der Waals surface area (Å²) in [6, 6.07) is 2.88. The molecule has 39 heavy (non-hydrogen) atoms. The Morgan fingerprint density at radius 3 is 2.54 bits per heavy atom. The van der Waals surface area contributed by atoms with E-state index in [1.807, 2.05) is 26.8 Å². The van der Waals surface area contributed by atoms with Gasteiger partial charge in [-0.3, -0.25) is 9.59 Å². The molecule has 1 amide bonds. The van der Waals surface area contributed by atoms with Gasteiger partial charge < -0.3 is 25.0 Å². The molecule has 0 aromatic heterocycles. The van der Waals surface area contributed by atoms with E-state index in [0.29, 0.717) is 29.1 Å². The highest BCUT2D eigenvalue weighted by Gasteiger charge is 2.23. The molecule has 0 aliphatic carbocycles. The molecule has 2 aliphatic rings. The number of amides is 1. The Kier molecular flexibility index (Phi) is 10.1. The third kappa shape index (κ3) is 8.29. The number of carbonyl (C=O) groups excluding carboxylic acids is 3. The maximum Gasteiger partial charge on any atom is 0.334 e. The van der Waals surface area contributed by atoms with E-state index in [1.54, 1.807) is 25.2 Å². The molecule has 2 heterocycles. The van der Waals surface area contributed by atoms with Crippen LogP contribution in [0.1, 0.15) is 65.9 Å². The third-order valence-electron chi connectivity index (χ3n) is 6.50. The van der Waals surface area contributed by atoms with Gasteiger partial charge in [0, 0.05) is 36.1 Å². The molecule has 2 bridgehead atoms. The number of aliphatic hydroxyl groups excluding tert-OH is 1. The smallest absolute Gasteiger partial charge is 0.334 e. The molecule has 1 aromatic carbocycles. The van der Waals surface area contributed by atoms with Crippen LogP contribution >= 0.6 is 0 Å². The quantitative estimate of drug-likeness (QED) is 0.336. The van der Waals surface area contributed by atoms with Gasteiger partial charge in [0.25, 0.3) is 0 Å². The van der Waals surface area contributed by atoms with Crippen LogP contribution in [0.15, 0.2) is 65.0 Å². The largest absolute Gasteiger partial charge is 0.508 e. The molecular formula is C31H37NO7. The minimum atomic E-state index is -1.08. The fraction of sp³-hybridized carbons (Fsp3) is 0.387. The van der Waals surface area contributed by atoms with Gasteiger partial charge in [-0.1, -0.05) is 30.7 Å². The number of ketones is 1. The normalized spacial score (nSPS) is 22.9. The maximum atomic E-state index is 12.8. The van der Waals surface area contributed by atoms with E-state index >= 15 is 0 Å². The number of rotatable bonds is 2. The number of anilines is 1. The van der Waals surface area contributed by atoms with Crippen molar-refractivity contribution < 1.29 is 34.1 Å². The number of phenols is 1. The van der Waals surface area contributed by atoms with Crippen LogP contribution in [0.4, 0.5) is 5.69 Å². The number of esters is 1. The number of nitrogens with one attached hydrogen (secondary N) is 1. The van der Waals surface area contributed by atoms with E-state index < -0.39 is 24.1 Å². The standard InChI is InChI=1S/C31H37NO7/c1-6-21-8-10-23(33)17-27-20(5)14-22-15-24(34)16-25(30(22)38-27)32-29(36)12-7-19(4)31(37)39-28(13-18(2)3)26(35)11-9-21/h7,9,11,13-17,21,26,28,34-35H,6,8,10,12H2,1-5H3,(H,32,36). The van der Waals surface area contributed by atoms with Gasteiger partial charge in [-0.2, -0.15) is 0 Å². The number of aliphatic hydroxyl groups is 1. The highest BCUT2D eigenvalue weighted by Crippen LogP contribution is 2.40. The highest BCUT2D eigenvalue weighted by atomic mass is 16.6. The number of allylic oxidation sites excluding steroid dienone is 4. The van der Waals surface area contributed by atoms with Gasteiger partial charge in [-0.15, -0.1) is 0 Å². The van der Waals surface area contributed by atoms with Crippen LogP contribution in [0.25, 0.3) is 6.08 Å². The van der Waals surface area contributed by atoms with Gasteiger partial charge in [0.05, 0.1) is 5.69 Å². The van der Waals surface area contributed by atoms with Crippen molar-refractivity contribution in [2.75, 3.05) is 5.32 Å². The molecule has 8 heteroatoms. The van der Waals surface area contributed by atoms with Crippen LogP contribution in [0, 0.1) is 5.92 Å². The van der Waals surface area contributed by atoms with Crippen LogP contribution in [0.3, 0.4) is 0 Å². The first kappa shape index (κ1) is 29.6. The molecule has 3 N–H and O–H groups in total. The summed E-state index contributed by atoms with van der Waals surface area (Å²) in [5, 5.41) is 23.7. The fourth-order valence-corrected chi connectivity index (χ4v) is 4.23. The second kappa shape index (κ2) is 13.2. The number of carbonyl (C=O) groups is 3. The molecule has 208 valence electrons. The molecule has 0 fully saturated rings. The SMILES string of the molecule is CCC1C=CC(O)C(C=C(C)C)OC(=O)C(C)=CCC(=O)Nc2cc(O)cc3c2OC(=CC(=O)CC1)C(C)=C3. The van der Waals surface area contributed by atoms with Crippen molar-refractivity contribution in [3.63, 3.8) is 0 Å². The van der Waals surface area contributed by atoms with E-state index in [4.69, 9.17) is 9.47 Å². The van der Waals surface area contributed by atoms with Crippen LogP contribution in [0.2, 0.25) is 0 Å². The van der Waals surface area contributed by atoms with Crippen LogP contribution in [-0.4, -0.2) is 40.1 Å². The van der Waals surface area contributed by atoms with Crippen molar-refractivity contribution in [2.45, 2.75) is 72.5 Å². The van der Waals surface area contributed by atoms with Crippen LogP contribution < -0.4 is 10.1 Å². The van der Waals surface area contributed by atoms with Gasteiger partial charge >= 0.3 is 5.97 Å². The Hall–Kier alpha value is -3.91. The Morgan fingerprint density at radius 2 is 1.85 bits per heavy atom.